The zero-order valence-corrected chi connectivity index (χ0v) is 10.4. The fraction of sp³-hybridized carbons (Fsp3) is 0.900. The molecule has 0 spiro atoms. The number of hydrogen-bond donors (Lipinski definition) is 1. The number of hydrogen-bond acceptors (Lipinski definition) is 2. The minimum absolute atomic E-state index is 0. The molecule has 1 unspecified atom stereocenters. The molecule has 3 nitrogen and oxygen atoms in total. The lowest BCUT2D eigenvalue weighted by molar-refractivity contribution is -0.142. The van der Waals surface area contributed by atoms with Gasteiger partial charge in [-0.1, -0.05) is 0 Å². The van der Waals surface area contributed by atoms with Gasteiger partial charge in [-0.2, -0.15) is 0 Å². The van der Waals surface area contributed by atoms with Gasteiger partial charge in [0.15, 0.2) is 0 Å². The van der Waals surface area contributed by atoms with Gasteiger partial charge in [0.2, 0.25) is 5.91 Å². The highest BCUT2D eigenvalue weighted by atomic mass is 35.5. The SMILES string of the molecule is CN(CC(F)F)C(=O)C1(C)CCCNC1.Cl. The van der Waals surface area contributed by atoms with E-state index in [4.69, 9.17) is 0 Å². The Morgan fingerprint density at radius 2 is 2.19 bits per heavy atom. The van der Waals surface area contributed by atoms with Crippen molar-refractivity contribution >= 4 is 18.3 Å². The summed E-state index contributed by atoms with van der Waals surface area (Å²) in [6, 6.07) is 0. The first-order valence-electron chi connectivity index (χ1n) is 5.20. The summed E-state index contributed by atoms with van der Waals surface area (Å²) in [5.74, 6) is -0.185. The molecule has 0 aromatic heterocycles. The Balaban J connectivity index is 0.00000225. The van der Waals surface area contributed by atoms with E-state index in [1.165, 1.54) is 7.05 Å². The van der Waals surface area contributed by atoms with Crippen LogP contribution < -0.4 is 5.32 Å². The zero-order valence-electron chi connectivity index (χ0n) is 9.63. The molecule has 0 aromatic carbocycles. The van der Waals surface area contributed by atoms with Crippen molar-refractivity contribution in [1.29, 1.82) is 0 Å². The molecule has 96 valence electrons. The highest BCUT2D eigenvalue weighted by molar-refractivity contribution is 5.85. The first-order chi connectivity index (χ1) is 6.96. The summed E-state index contributed by atoms with van der Waals surface area (Å²) in [5, 5.41) is 3.13. The Kier molecular flexibility index (Phi) is 6.18. The molecule has 0 bridgehead atoms. The molecule has 0 aromatic rings. The van der Waals surface area contributed by atoms with E-state index in [0.717, 1.165) is 24.3 Å². The van der Waals surface area contributed by atoms with Gasteiger partial charge in [-0.05, 0) is 26.3 Å². The number of alkyl halides is 2. The van der Waals surface area contributed by atoms with Crippen LogP contribution in [0.4, 0.5) is 8.78 Å². The second-order valence-electron chi connectivity index (χ2n) is 4.42. The lowest BCUT2D eigenvalue weighted by Gasteiger charge is -2.35. The topological polar surface area (TPSA) is 32.3 Å². The third kappa shape index (κ3) is 3.87. The van der Waals surface area contributed by atoms with Gasteiger partial charge in [0.05, 0.1) is 12.0 Å². The van der Waals surface area contributed by atoms with E-state index >= 15 is 0 Å². The van der Waals surface area contributed by atoms with Crippen LogP contribution in [0.3, 0.4) is 0 Å². The van der Waals surface area contributed by atoms with Crippen molar-refractivity contribution in [3.8, 4) is 0 Å². The van der Waals surface area contributed by atoms with E-state index in [1.807, 2.05) is 6.92 Å². The molecule has 1 aliphatic heterocycles. The van der Waals surface area contributed by atoms with E-state index in [2.05, 4.69) is 5.32 Å². The van der Waals surface area contributed by atoms with E-state index in [0.29, 0.717) is 6.54 Å². The maximum absolute atomic E-state index is 12.1. The van der Waals surface area contributed by atoms with Crippen LogP contribution in [0.15, 0.2) is 0 Å². The van der Waals surface area contributed by atoms with Crippen LogP contribution >= 0.6 is 12.4 Å². The maximum Gasteiger partial charge on any atom is 0.255 e. The molecule has 1 saturated heterocycles. The molecule has 1 aliphatic rings. The molecule has 1 heterocycles. The van der Waals surface area contributed by atoms with E-state index in [-0.39, 0.29) is 18.3 Å². The quantitative estimate of drug-likeness (QED) is 0.831. The van der Waals surface area contributed by atoms with Crippen LogP contribution in [0.25, 0.3) is 0 Å². The lowest BCUT2D eigenvalue weighted by atomic mass is 9.81. The molecule has 0 aliphatic carbocycles. The summed E-state index contributed by atoms with van der Waals surface area (Å²) in [6.07, 6.45) is -0.768. The molecule has 16 heavy (non-hydrogen) atoms. The normalized spacial score (nSPS) is 25.1. The molecule has 1 amide bonds. The highest BCUT2D eigenvalue weighted by Gasteiger charge is 2.37. The van der Waals surface area contributed by atoms with Gasteiger partial charge in [-0.15, -0.1) is 12.4 Å². The van der Waals surface area contributed by atoms with Crippen molar-refractivity contribution < 1.29 is 13.6 Å². The summed E-state index contributed by atoms with van der Waals surface area (Å²) < 4.78 is 24.3. The minimum atomic E-state index is -2.46. The molecule has 1 rings (SSSR count). The number of halogens is 3. The largest absolute Gasteiger partial charge is 0.340 e. The zero-order chi connectivity index (χ0) is 11.5. The summed E-state index contributed by atoms with van der Waals surface area (Å²) in [6.45, 7) is 2.85. The number of rotatable bonds is 3. The molecule has 1 atom stereocenters. The monoisotopic (exact) mass is 256 g/mol. The van der Waals surface area contributed by atoms with Gasteiger partial charge in [0, 0.05) is 13.6 Å². The molecule has 6 heteroatoms. The number of piperidine rings is 1. The van der Waals surface area contributed by atoms with Crippen LogP contribution in [-0.4, -0.2) is 43.9 Å². The number of carbonyl (C=O) groups excluding carboxylic acids is 1. The minimum Gasteiger partial charge on any atom is -0.340 e. The van der Waals surface area contributed by atoms with E-state index in [9.17, 15) is 13.6 Å². The standard InChI is InChI=1S/C10H18F2N2O.ClH/c1-10(4-3-5-13-7-10)9(15)14(2)6-8(11)12;/h8,13H,3-7H2,1-2H3;1H. The molecule has 1 N–H and O–H groups in total. The first kappa shape index (κ1) is 15.6. The Labute approximate surface area is 101 Å². The van der Waals surface area contributed by atoms with Gasteiger partial charge in [0.1, 0.15) is 0 Å². The van der Waals surface area contributed by atoms with Crippen molar-refractivity contribution in [2.75, 3.05) is 26.7 Å². The van der Waals surface area contributed by atoms with Crippen molar-refractivity contribution in [2.24, 2.45) is 5.41 Å². The Hall–Kier alpha value is -0.420. The molecule has 0 saturated carbocycles. The average Bonchev–Trinajstić information content (AvgIpc) is 2.16. The maximum atomic E-state index is 12.1. The molecular weight excluding hydrogens is 238 g/mol. The third-order valence-electron chi connectivity index (χ3n) is 2.87. The van der Waals surface area contributed by atoms with Crippen molar-refractivity contribution in [3.63, 3.8) is 0 Å². The molecular formula is C10H19ClF2N2O. The Bertz CT molecular complexity index is 233. The second kappa shape index (κ2) is 6.35. The first-order valence-corrected chi connectivity index (χ1v) is 5.20. The summed E-state index contributed by atoms with van der Waals surface area (Å²) in [7, 11) is 1.44. The van der Waals surface area contributed by atoms with Crippen LogP contribution in [0.2, 0.25) is 0 Å². The number of amides is 1. The van der Waals surface area contributed by atoms with Crippen molar-refractivity contribution in [2.45, 2.75) is 26.2 Å². The summed E-state index contributed by atoms with van der Waals surface area (Å²) in [4.78, 5) is 13.0. The third-order valence-corrected chi connectivity index (χ3v) is 2.87. The average molecular weight is 257 g/mol. The summed E-state index contributed by atoms with van der Waals surface area (Å²) in [5.41, 5.74) is -0.512. The Morgan fingerprint density at radius 1 is 1.56 bits per heavy atom. The van der Waals surface area contributed by atoms with E-state index in [1.54, 1.807) is 0 Å². The fourth-order valence-corrected chi connectivity index (χ4v) is 1.99. The lowest BCUT2D eigenvalue weighted by Crippen LogP contribution is -2.50. The number of carbonyl (C=O) groups is 1. The van der Waals surface area contributed by atoms with Crippen molar-refractivity contribution in [3.05, 3.63) is 0 Å². The molecule has 1 fully saturated rings. The van der Waals surface area contributed by atoms with Crippen LogP contribution in [-0.2, 0) is 4.79 Å². The fourth-order valence-electron chi connectivity index (χ4n) is 1.99. The predicted molar refractivity (Wildman–Crippen MR) is 61.1 cm³/mol. The van der Waals surface area contributed by atoms with Gasteiger partial charge in [0.25, 0.3) is 6.43 Å². The van der Waals surface area contributed by atoms with Gasteiger partial charge in [-0.25, -0.2) is 8.78 Å². The molecule has 0 radical (unpaired) electrons. The van der Waals surface area contributed by atoms with Crippen LogP contribution in [0, 0.1) is 5.41 Å². The number of nitrogens with zero attached hydrogens (tertiary/aromatic N) is 1. The highest BCUT2D eigenvalue weighted by Crippen LogP contribution is 2.27. The van der Waals surface area contributed by atoms with E-state index < -0.39 is 18.4 Å². The predicted octanol–water partition coefficient (Wildman–Crippen LogP) is 1.52. The smallest absolute Gasteiger partial charge is 0.255 e. The van der Waals surface area contributed by atoms with Gasteiger partial charge >= 0.3 is 0 Å². The van der Waals surface area contributed by atoms with Gasteiger partial charge in [-0.3, -0.25) is 4.79 Å². The Morgan fingerprint density at radius 3 is 2.62 bits per heavy atom. The summed E-state index contributed by atoms with van der Waals surface area (Å²) >= 11 is 0. The second-order valence-corrected chi connectivity index (χ2v) is 4.42. The van der Waals surface area contributed by atoms with Crippen LogP contribution in [0.5, 0.6) is 0 Å². The number of nitrogens with one attached hydrogen (secondary N) is 1. The van der Waals surface area contributed by atoms with Crippen LogP contribution in [0.1, 0.15) is 19.8 Å². The van der Waals surface area contributed by atoms with Crippen molar-refractivity contribution in [1.82, 2.24) is 10.2 Å². The van der Waals surface area contributed by atoms with Gasteiger partial charge < -0.3 is 10.2 Å².